The molecule has 1 fully saturated rings. The van der Waals surface area contributed by atoms with E-state index in [0.717, 1.165) is 60.8 Å². The number of nitrogens with zero attached hydrogens (tertiary/aromatic N) is 2. The topological polar surface area (TPSA) is 68.4 Å². The second-order valence-electron chi connectivity index (χ2n) is 5.74. The lowest BCUT2D eigenvalue weighted by molar-refractivity contribution is 0.100. The Hall–Kier alpha value is -1.66. The van der Waals surface area contributed by atoms with Crippen molar-refractivity contribution in [2.45, 2.75) is 19.3 Å². The number of piperidine rings is 1. The Labute approximate surface area is 134 Å². The molecule has 1 amide bonds. The second-order valence-corrected chi connectivity index (χ2v) is 6.79. The van der Waals surface area contributed by atoms with Crippen molar-refractivity contribution >= 4 is 33.1 Å². The molecule has 0 saturated carbocycles. The molecule has 0 atom stereocenters. The number of carbonyl (C=O) groups is 1. The monoisotopic (exact) mass is 319 g/mol. The van der Waals surface area contributed by atoms with Crippen LogP contribution in [0.3, 0.4) is 0 Å². The highest BCUT2D eigenvalue weighted by molar-refractivity contribution is 7.21. The average molecular weight is 319 g/mol. The number of rotatable bonds is 5. The van der Waals surface area contributed by atoms with Crippen LogP contribution >= 0.6 is 11.3 Å². The number of pyridine rings is 1. The predicted molar refractivity (Wildman–Crippen MR) is 89.6 cm³/mol. The average Bonchev–Trinajstić information content (AvgIpc) is 2.98. The summed E-state index contributed by atoms with van der Waals surface area (Å²) in [7, 11) is 1.76. The zero-order chi connectivity index (χ0) is 15.5. The van der Waals surface area contributed by atoms with Gasteiger partial charge in [-0.05, 0) is 42.7 Å². The molecule has 0 spiro atoms. The van der Waals surface area contributed by atoms with Gasteiger partial charge in [0.25, 0.3) is 5.91 Å². The highest BCUT2D eigenvalue weighted by Gasteiger charge is 2.22. The Morgan fingerprint density at radius 3 is 2.95 bits per heavy atom. The SMILES string of the molecule is COCCC1CCN(c2nccc3cc(C(N)=O)sc23)CC1. The summed E-state index contributed by atoms with van der Waals surface area (Å²) in [6.45, 7) is 2.85. The third-order valence-electron chi connectivity index (χ3n) is 4.30. The number of hydrogen-bond donors (Lipinski definition) is 1. The van der Waals surface area contributed by atoms with Crippen LogP contribution in [0.2, 0.25) is 0 Å². The highest BCUT2D eigenvalue weighted by atomic mass is 32.1. The highest BCUT2D eigenvalue weighted by Crippen LogP contribution is 2.34. The third kappa shape index (κ3) is 3.08. The van der Waals surface area contributed by atoms with Crippen molar-refractivity contribution in [3.05, 3.63) is 23.2 Å². The minimum atomic E-state index is -0.370. The quantitative estimate of drug-likeness (QED) is 0.920. The first kappa shape index (κ1) is 15.2. The number of carbonyl (C=O) groups excluding carboxylic acids is 1. The lowest BCUT2D eigenvalue weighted by atomic mass is 9.94. The van der Waals surface area contributed by atoms with Crippen LogP contribution in [-0.4, -0.2) is 37.7 Å². The van der Waals surface area contributed by atoms with E-state index in [9.17, 15) is 4.79 Å². The standard InChI is InChI=1S/C16H21N3O2S/c1-21-9-5-11-3-7-19(8-4-11)16-14-12(2-6-18-16)10-13(22-14)15(17)20/h2,6,10-11H,3-5,7-9H2,1H3,(H2,17,20). The number of amides is 1. The number of primary amides is 1. The van der Waals surface area contributed by atoms with Gasteiger partial charge in [-0.2, -0.15) is 0 Å². The molecule has 2 N–H and O–H groups in total. The van der Waals surface area contributed by atoms with E-state index in [2.05, 4.69) is 9.88 Å². The van der Waals surface area contributed by atoms with Gasteiger partial charge in [0.15, 0.2) is 0 Å². The van der Waals surface area contributed by atoms with Gasteiger partial charge in [0, 0.05) is 33.0 Å². The van der Waals surface area contributed by atoms with Crippen LogP contribution in [0.15, 0.2) is 18.3 Å². The van der Waals surface area contributed by atoms with Crippen LogP contribution in [0, 0.1) is 5.92 Å². The zero-order valence-electron chi connectivity index (χ0n) is 12.7. The number of anilines is 1. The molecule has 0 radical (unpaired) electrons. The molecule has 0 aromatic carbocycles. The van der Waals surface area contributed by atoms with Crippen LogP contribution in [0.5, 0.6) is 0 Å². The molecule has 3 heterocycles. The summed E-state index contributed by atoms with van der Waals surface area (Å²) < 4.78 is 6.23. The van der Waals surface area contributed by atoms with Crippen molar-refractivity contribution < 1.29 is 9.53 Å². The number of thiophene rings is 1. The number of nitrogens with two attached hydrogens (primary N) is 1. The van der Waals surface area contributed by atoms with Crippen molar-refractivity contribution in [2.24, 2.45) is 11.7 Å². The van der Waals surface area contributed by atoms with Crippen LogP contribution in [0.1, 0.15) is 28.9 Å². The van der Waals surface area contributed by atoms with E-state index in [1.165, 1.54) is 11.3 Å². The minimum Gasteiger partial charge on any atom is -0.385 e. The molecule has 1 saturated heterocycles. The number of hydrogen-bond acceptors (Lipinski definition) is 5. The summed E-state index contributed by atoms with van der Waals surface area (Å²) in [6, 6.07) is 3.80. The molecule has 2 aromatic rings. The van der Waals surface area contributed by atoms with Gasteiger partial charge in [-0.3, -0.25) is 4.79 Å². The molecule has 6 heteroatoms. The van der Waals surface area contributed by atoms with Gasteiger partial charge < -0.3 is 15.4 Å². The fraction of sp³-hybridized carbons (Fsp3) is 0.500. The molecule has 1 aliphatic heterocycles. The molecular weight excluding hydrogens is 298 g/mol. The van der Waals surface area contributed by atoms with Crippen LogP contribution < -0.4 is 10.6 Å². The number of aromatic nitrogens is 1. The summed E-state index contributed by atoms with van der Waals surface area (Å²) in [5.74, 6) is 1.35. The molecule has 0 aliphatic carbocycles. The van der Waals surface area contributed by atoms with Crippen LogP contribution in [0.4, 0.5) is 5.82 Å². The van der Waals surface area contributed by atoms with Crippen molar-refractivity contribution in [2.75, 3.05) is 31.7 Å². The molecule has 3 rings (SSSR count). The Balaban J connectivity index is 1.78. The molecular formula is C16H21N3O2S. The molecule has 0 unspecified atom stereocenters. The maximum absolute atomic E-state index is 11.4. The van der Waals surface area contributed by atoms with E-state index in [0.29, 0.717) is 4.88 Å². The lowest BCUT2D eigenvalue weighted by Crippen LogP contribution is -2.34. The molecule has 5 nitrogen and oxygen atoms in total. The van der Waals surface area contributed by atoms with E-state index in [-0.39, 0.29) is 5.91 Å². The molecule has 2 aromatic heterocycles. The Kier molecular flexibility index (Phi) is 4.59. The van der Waals surface area contributed by atoms with Crippen molar-refractivity contribution in [1.29, 1.82) is 0 Å². The molecule has 0 bridgehead atoms. The number of methoxy groups -OCH3 is 1. The van der Waals surface area contributed by atoms with E-state index >= 15 is 0 Å². The summed E-state index contributed by atoms with van der Waals surface area (Å²) in [6.07, 6.45) is 5.27. The maximum Gasteiger partial charge on any atom is 0.258 e. The summed E-state index contributed by atoms with van der Waals surface area (Å²) >= 11 is 1.44. The van der Waals surface area contributed by atoms with E-state index < -0.39 is 0 Å². The fourth-order valence-corrected chi connectivity index (χ4v) is 4.04. The predicted octanol–water partition coefficient (Wildman–Crippen LogP) is 2.65. The van der Waals surface area contributed by atoms with Crippen LogP contribution in [0.25, 0.3) is 10.1 Å². The Morgan fingerprint density at radius 1 is 1.50 bits per heavy atom. The second kappa shape index (κ2) is 6.62. The summed E-state index contributed by atoms with van der Waals surface area (Å²) in [5.41, 5.74) is 5.40. The minimum absolute atomic E-state index is 0.370. The number of fused-ring (bicyclic) bond motifs is 1. The van der Waals surface area contributed by atoms with Crippen LogP contribution in [-0.2, 0) is 4.74 Å². The van der Waals surface area contributed by atoms with Gasteiger partial charge in [-0.25, -0.2) is 4.98 Å². The summed E-state index contributed by atoms with van der Waals surface area (Å²) in [5, 5.41) is 1.05. The smallest absolute Gasteiger partial charge is 0.258 e. The normalized spacial score (nSPS) is 16.3. The van der Waals surface area contributed by atoms with Gasteiger partial charge in [0.2, 0.25) is 0 Å². The van der Waals surface area contributed by atoms with E-state index in [4.69, 9.17) is 10.5 Å². The van der Waals surface area contributed by atoms with E-state index in [1.54, 1.807) is 7.11 Å². The van der Waals surface area contributed by atoms with Gasteiger partial charge in [0.1, 0.15) is 5.82 Å². The van der Waals surface area contributed by atoms with Crippen molar-refractivity contribution in [3.8, 4) is 0 Å². The third-order valence-corrected chi connectivity index (χ3v) is 5.46. The lowest BCUT2D eigenvalue weighted by Gasteiger charge is -2.33. The number of ether oxygens (including phenoxy) is 1. The zero-order valence-corrected chi connectivity index (χ0v) is 13.6. The van der Waals surface area contributed by atoms with E-state index in [1.807, 2.05) is 18.3 Å². The maximum atomic E-state index is 11.4. The van der Waals surface area contributed by atoms with Crippen molar-refractivity contribution in [1.82, 2.24) is 4.98 Å². The summed E-state index contributed by atoms with van der Waals surface area (Å²) in [4.78, 5) is 18.9. The largest absolute Gasteiger partial charge is 0.385 e. The molecule has 1 aliphatic rings. The first-order valence-electron chi connectivity index (χ1n) is 7.61. The Bertz CT molecular complexity index is 662. The van der Waals surface area contributed by atoms with Gasteiger partial charge in [-0.1, -0.05) is 0 Å². The fourth-order valence-electron chi connectivity index (χ4n) is 3.02. The van der Waals surface area contributed by atoms with Gasteiger partial charge in [0.05, 0.1) is 9.58 Å². The first-order chi connectivity index (χ1) is 10.7. The van der Waals surface area contributed by atoms with Gasteiger partial charge in [-0.15, -0.1) is 11.3 Å². The Morgan fingerprint density at radius 2 is 2.27 bits per heavy atom. The first-order valence-corrected chi connectivity index (χ1v) is 8.43. The van der Waals surface area contributed by atoms with Crippen molar-refractivity contribution in [3.63, 3.8) is 0 Å². The van der Waals surface area contributed by atoms with Gasteiger partial charge >= 0.3 is 0 Å². The molecule has 22 heavy (non-hydrogen) atoms. The molecule has 118 valence electrons.